The molecule has 0 spiro atoms. The number of unbranched alkanes of at least 4 members (excludes halogenated alkanes) is 23. The lowest BCUT2D eigenvalue weighted by Gasteiger charge is -2.30. The van der Waals surface area contributed by atoms with E-state index in [0.717, 1.165) is 44.1 Å². The zero-order valence-electron chi connectivity index (χ0n) is 26.3. The quantitative estimate of drug-likeness (QED) is 0.102. The normalized spacial score (nSPS) is 13.0. The van der Waals surface area contributed by atoms with Gasteiger partial charge in [-0.15, -0.1) is 0 Å². The van der Waals surface area contributed by atoms with Crippen LogP contribution in [-0.2, 0) is 10.2 Å². The number of aliphatic carboxylic acids is 1. The van der Waals surface area contributed by atoms with Gasteiger partial charge in [0.1, 0.15) is 0 Å². The van der Waals surface area contributed by atoms with Crippen molar-refractivity contribution in [2.24, 2.45) is 0 Å². The third-order valence-electron chi connectivity index (χ3n) is 8.90. The number of benzene rings is 1. The van der Waals surface area contributed by atoms with Crippen molar-refractivity contribution >= 4 is 5.97 Å². The van der Waals surface area contributed by atoms with E-state index < -0.39 is 11.4 Å². The molecule has 0 aliphatic rings. The number of rotatable bonds is 29. The maximum absolute atomic E-state index is 12.7. The van der Waals surface area contributed by atoms with Gasteiger partial charge in [0.2, 0.25) is 0 Å². The molecule has 0 heterocycles. The fourth-order valence-corrected chi connectivity index (χ4v) is 6.22. The fraction of sp³-hybridized carbons (Fsp3) is 0.811. The second-order valence-electron chi connectivity index (χ2n) is 12.4. The van der Waals surface area contributed by atoms with E-state index >= 15 is 0 Å². The van der Waals surface area contributed by atoms with E-state index in [1.54, 1.807) is 0 Å². The fourth-order valence-electron chi connectivity index (χ4n) is 6.22. The van der Waals surface area contributed by atoms with Crippen LogP contribution in [0.4, 0.5) is 0 Å². The second-order valence-corrected chi connectivity index (χ2v) is 12.4. The Kier molecular flexibility index (Phi) is 23.5. The highest BCUT2D eigenvalue weighted by Gasteiger charge is 2.39. The van der Waals surface area contributed by atoms with Crippen LogP contribution in [-0.4, -0.2) is 11.1 Å². The molecule has 0 saturated carbocycles. The molecular formula is C37H66O2. The first-order valence-corrected chi connectivity index (χ1v) is 17.5. The molecule has 1 rings (SSSR count). The van der Waals surface area contributed by atoms with E-state index in [4.69, 9.17) is 0 Å². The Morgan fingerprint density at radius 2 is 0.769 bits per heavy atom. The summed E-state index contributed by atoms with van der Waals surface area (Å²) >= 11 is 0. The van der Waals surface area contributed by atoms with Gasteiger partial charge < -0.3 is 5.11 Å². The van der Waals surface area contributed by atoms with Gasteiger partial charge in [0, 0.05) is 0 Å². The molecule has 0 radical (unpaired) electrons. The molecular weight excluding hydrogens is 476 g/mol. The lowest BCUT2D eigenvalue weighted by Crippen LogP contribution is -2.36. The van der Waals surface area contributed by atoms with Crippen molar-refractivity contribution in [3.05, 3.63) is 35.9 Å². The number of carboxylic acid groups (broad SMARTS) is 1. The summed E-state index contributed by atoms with van der Waals surface area (Å²) in [6.07, 6.45) is 34.6. The van der Waals surface area contributed by atoms with E-state index in [9.17, 15) is 9.90 Å². The number of hydrogen-bond acceptors (Lipinski definition) is 1. The maximum atomic E-state index is 12.7. The van der Waals surface area contributed by atoms with Crippen molar-refractivity contribution in [1.82, 2.24) is 0 Å². The molecule has 0 aromatic heterocycles. The molecule has 1 unspecified atom stereocenters. The van der Waals surface area contributed by atoms with E-state index in [-0.39, 0.29) is 0 Å². The SMILES string of the molecule is CCCCCCCCCCCCCCCCC(CCCCCCCCCCCCC)(C(=O)O)c1ccccc1. The lowest BCUT2D eigenvalue weighted by atomic mass is 9.72. The first-order chi connectivity index (χ1) is 19.2. The van der Waals surface area contributed by atoms with Crippen LogP contribution in [0.2, 0.25) is 0 Å². The lowest BCUT2D eigenvalue weighted by molar-refractivity contribution is -0.144. The smallest absolute Gasteiger partial charge is 0.314 e. The summed E-state index contributed by atoms with van der Waals surface area (Å²) in [5.41, 5.74) is 0.303. The summed E-state index contributed by atoms with van der Waals surface area (Å²) in [7, 11) is 0. The van der Waals surface area contributed by atoms with Crippen LogP contribution in [0.5, 0.6) is 0 Å². The largest absolute Gasteiger partial charge is 0.481 e. The maximum Gasteiger partial charge on any atom is 0.314 e. The summed E-state index contributed by atoms with van der Waals surface area (Å²) in [5.74, 6) is -0.615. The van der Waals surface area contributed by atoms with Crippen LogP contribution >= 0.6 is 0 Å². The summed E-state index contributed by atoms with van der Waals surface area (Å²) in [5, 5.41) is 10.4. The molecule has 39 heavy (non-hydrogen) atoms. The molecule has 1 aromatic rings. The number of carbonyl (C=O) groups is 1. The molecule has 226 valence electrons. The van der Waals surface area contributed by atoms with Gasteiger partial charge in [-0.05, 0) is 18.4 Å². The van der Waals surface area contributed by atoms with Crippen LogP contribution in [0, 0.1) is 0 Å². The molecule has 0 aliphatic heterocycles. The zero-order valence-corrected chi connectivity index (χ0v) is 26.3. The minimum atomic E-state index is -0.711. The van der Waals surface area contributed by atoms with Gasteiger partial charge in [0.25, 0.3) is 0 Å². The predicted octanol–water partition coefficient (Wildman–Crippen LogP) is 12.6. The second kappa shape index (κ2) is 25.6. The van der Waals surface area contributed by atoms with Crippen molar-refractivity contribution in [1.29, 1.82) is 0 Å². The number of hydrogen-bond donors (Lipinski definition) is 1. The highest BCUT2D eigenvalue weighted by atomic mass is 16.4. The Labute approximate surface area is 244 Å². The van der Waals surface area contributed by atoms with Crippen LogP contribution in [0.25, 0.3) is 0 Å². The average Bonchev–Trinajstić information content (AvgIpc) is 2.95. The highest BCUT2D eigenvalue weighted by Crippen LogP contribution is 2.36. The van der Waals surface area contributed by atoms with Crippen LogP contribution in [0.1, 0.15) is 193 Å². The molecule has 0 aliphatic carbocycles. The molecule has 0 amide bonds. The van der Waals surface area contributed by atoms with Gasteiger partial charge in [-0.25, -0.2) is 0 Å². The minimum Gasteiger partial charge on any atom is -0.481 e. The van der Waals surface area contributed by atoms with Crippen LogP contribution in [0.15, 0.2) is 30.3 Å². The molecule has 2 nitrogen and oxygen atoms in total. The van der Waals surface area contributed by atoms with Crippen molar-refractivity contribution in [3.63, 3.8) is 0 Å². The zero-order chi connectivity index (χ0) is 28.3. The van der Waals surface area contributed by atoms with Crippen molar-refractivity contribution in [3.8, 4) is 0 Å². The summed E-state index contributed by atoms with van der Waals surface area (Å²) in [4.78, 5) is 12.7. The third-order valence-corrected chi connectivity index (χ3v) is 8.90. The van der Waals surface area contributed by atoms with E-state index in [1.807, 2.05) is 18.2 Å². The first kappa shape index (κ1) is 35.7. The Morgan fingerprint density at radius 3 is 1.05 bits per heavy atom. The van der Waals surface area contributed by atoms with Gasteiger partial charge in [-0.2, -0.15) is 0 Å². The Bertz CT molecular complexity index is 655. The van der Waals surface area contributed by atoms with E-state index in [1.165, 1.54) is 135 Å². The molecule has 0 fully saturated rings. The molecule has 1 aromatic carbocycles. The van der Waals surface area contributed by atoms with Gasteiger partial charge >= 0.3 is 5.97 Å². The van der Waals surface area contributed by atoms with Gasteiger partial charge in [-0.1, -0.05) is 205 Å². The van der Waals surface area contributed by atoms with Crippen LogP contribution < -0.4 is 0 Å². The molecule has 0 saturated heterocycles. The standard InChI is InChI=1S/C37H66O2/c1-3-5-7-9-11-13-15-16-17-19-21-23-25-30-34-37(36(38)39,35-31-27-26-28-32-35)33-29-24-22-20-18-14-12-10-8-6-4-2/h26-28,31-32H,3-25,29-30,33-34H2,1-2H3,(H,38,39). The van der Waals surface area contributed by atoms with E-state index in [2.05, 4.69) is 26.0 Å². The summed E-state index contributed by atoms with van der Waals surface area (Å²) < 4.78 is 0. The van der Waals surface area contributed by atoms with Gasteiger partial charge in [-0.3, -0.25) is 4.79 Å². The summed E-state index contributed by atoms with van der Waals surface area (Å²) in [6, 6.07) is 10.1. The Balaban J connectivity index is 2.28. The first-order valence-electron chi connectivity index (χ1n) is 17.5. The number of carboxylic acids is 1. The van der Waals surface area contributed by atoms with Crippen LogP contribution in [0.3, 0.4) is 0 Å². The third kappa shape index (κ3) is 17.9. The van der Waals surface area contributed by atoms with Crippen molar-refractivity contribution in [2.75, 3.05) is 0 Å². The van der Waals surface area contributed by atoms with Gasteiger partial charge in [0.15, 0.2) is 0 Å². The van der Waals surface area contributed by atoms with Gasteiger partial charge in [0.05, 0.1) is 5.41 Å². The molecule has 1 N–H and O–H groups in total. The Hall–Kier alpha value is -1.31. The monoisotopic (exact) mass is 543 g/mol. The van der Waals surface area contributed by atoms with Crippen molar-refractivity contribution in [2.45, 2.75) is 193 Å². The molecule has 2 heteroatoms. The topological polar surface area (TPSA) is 37.3 Å². The highest BCUT2D eigenvalue weighted by molar-refractivity contribution is 5.81. The van der Waals surface area contributed by atoms with Crippen molar-refractivity contribution < 1.29 is 9.90 Å². The summed E-state index contributed by atoms with van der Waals surface area (Å²) in [6.45, 7) is 4.56. The molecule has 1 atom stereocenters. The Morgan fingerprint density at radius 1 is 0.487 bits per heavy atom. The predicted molar refractivity (Wildman–Crippen MR) is 172 cm³/mol. The average molecular weight is 543 g/mol. The van der Waals surface area contributed by atoms with E-state index in [0.29, 0.717) is 0 Å². The molecule has 0 bridgehead atoms. The minimum absolute atomic E-state index is 0.615.